The van der Waals surface area contributed by atoms with E-state index >= 15 is 0 Å². The lowest BCUT2D eigenvalue weighted by Gasteiger charge is -2.16. The van der Waals surface area contributed by atoms with E-state index in [0.29, 0.717) is 6.71 Å². The summed E-state index contributed by atoms with van der Waals surface area (Å²) in [5.74, 6) is 2.17. The first kappa shape index (κ1) is 4.45. The second kappa shape index (κ2) is 1.42. The Bertz CT molecular complexity index is 126. The lowest BCUT2D eigenvalue weighted by Crippen LogP contribution is -2.21. The minimum atomic E-state index is 0.299. The van der Waals surface area contributed by atoms with E-state index in [1.54, 1.807) is 0 Å². The molecule has 1 aliphatic heterocycles. The van der Waals surface area contributed by atoms with Gasteiger partial charge in [-0.1, -0.05) is 5.57 Å². The van der Waals surface area contributed by atoms with Crippen molar-refractivity contribution in [1.29, 1.82) is 5.26 Å². The van der Waals surface area contributed by atoms with Gasteiger partial charge in [-0.05, 0) is 12.6 Å². The van der Waals surface area contributed by atoms with E-state index in [-0.39, 0.29) is 0 Å². The molecule has 0 spiro atoms. The maximum Gasteiger partial charge on any atom is 0.275 e. The van der Waals surface area contributed by atoms with Gasteiger partial charge in [-0.25, -0.2) is 5.26 Å². The Balaban J connectivity index is 2.34. The van der Waals surface area contributed by atoms with Crippen LogP contribution in [0.5, 0.6) is 0 Å². The number of nitriles is 1. The molecule has 1 saturated heterocycles. The zero-order chi connectivity index (χ0) is 5.28. The molecule has 1 aliphatic rings. The van der Waals surface area contributed by atoms with Crippen molar-refractivity contribution in [1.82, 2.24) is 0 Å². The molecule has 0 unspecified atom stereocenters. The van der Waals surface area contributed by atoms with E-state index in [2.05, 4.69) is 12.5 Å². The van der Waals surface area contributed by atoms with Gasteiger partial charge in [0.1, 0.15) is 0 Å². The highest BCUT2D eigenvalue weighted by Gasteiger charge is 2.25. The fraction of sp³-hybridized carbons (Fsp3) is 0.400. The molecule has 0 aromatic carbocycles. The third-order valence-corrected chi connectivity index (χ3v) is 1.25. The largest absolute Gasteiger partial charge is 0.275 e. The minimum absolute atomic E-state index is 0.299. The lowest BCUT2D eigenvalue weighted by molar-refractivity contribution is 1.23. The highest BCUT2D eigenvalue weighted by atomic mass is 14.2. The van der Waals surface area contributed by atoms with E-state index in [1.807, 2.05) is 0 Å². The summed E-state index contributed by atoms with van der Waals surface area (Å²) in [5, 5.41) is 8.21. The van der Waals surface area contributed by atoms with Gasteiger partial charge in [0.25, 0.3) is 6.71 Å². The van der Waals surface area contributed by atoms with Gasteiger partial charge in [0.2, 0.25) is 0 Å². The molecule has 0 aliphatic carbocycles. The number of hydrogen-bond donors (Lipinski definition) is 0. The number of allylic oxidation sites excluding steroid dienone is 1. The van der Waals surface area contributed by atoms with E-state index in [0.717, 1.165) is 12.6 Å². The van der Waals surface area contributed by atoms with Crippen molar-refractivity contribution in [2.75, 3.05) is 0 Å². The fourth-order valence-corrected chi connectivity index (χ4v) is 0.728. The predicted octanol–water partition coefficient (Wildman–Crippen LogP) is 1.11. The summed E-state index contributed by atoms with van der Waals surface area (Å²) in [4.78, 5) is 0. The molecule has 0 aromatic heterocycles. The number of hydrogen-bond acceptors (Lipinski definition) is 1. The fourth-order valence-electron chi connectivity index (χ4n) is 0.728. The average Bonchev–Trinajstić information content (AvgIpc) is 1.58. The second-order valence-electron chi connectivity index (χ2n) is 1.98. The summed E-state index contributed by atoms with van der Waals surface area (Å²) in [7, 11) is 0. The molecule has 0 atom stereocenters. The van der Waals surface area contributed by atoms with Gasteiger partial charge in [-0.2, -0.15) is 0 Å². The Labute approximate surface area is 43.7 Å². The second-order valence-corrected chi connectivity index (χ2v) is 1.98. The van der Waals surface area contributed by atoms with Crippen LogP contribution in [0.2, 0.25) is 12.6 Å². The van der Waals surface area contributed by atoms with Crippen molar-refractivity contribution in [2.24, 2.45) is 0 Å². The van der Waals surface area contributed by atoms with Crippen molar-refractivity contribution >= 4 is 6.71 Å². The first-order valence-electron chi connectivity index (χ1n) is 2.39. The van der Waals surface area contributed by atoms with E-state index in [4.69, 9.17) is 5.26 Å². The van der Waals surface area contributed by atoms with Crippen LogP contribution in [0.25, 0.3) is 0 Å². The molecule has 0 amide bonds. The molecule has 7 heavy (non-hydrogen) atoms. The normalized spacial score (nSPS) is 18.1. The monoisotopic (exact) mass is 91.1 g/mol. The van der Waals surface area contributed by atoms with Crippen LogP contribution in [0.3, 0.4) is 0 Å². The Morgan fingerprint density at radius 1 is 1.71 bits per heavy atom. The standard InChI is InChI=1S/C5H6BN/c1-5-2-6(3-5)4-7/h1-3H2. The van der Waals surface area contributed by atoms with Crippen LogP contribution in [0.15, 0.2) is 12.2 Å². The molecule has 1 heterocycles. The first-order valence-corrected chi connectivity index (χ1v) is 2.39. The Kier molecular flexibility index (Phi) is 0.903. The van der Waals surface area contributed by atoms with Gasteiger partial charge in [-0.15, -0.1) is 6.58 Å². The topological polar surface area (TPSA) is 23.8 Å². The molecule has 2 heteroatoms. The van der Waals surface area contributed by atoms with Crippen molar-refractivity contribution in [2.45, 2.75) is 12.6 Å². The number of nitrogens with zero attached hydrogens (tertiary/aromatic N) is 1. The lowest BCUT2D eigenvalue weighted by atomic mass is 9.35. The van der Waals surface area contributed by atoms with Crippen LogP contribution in [0.4, 0.5) is 0 Å². The van der Waals surface area contributed by atoms with Crippen LogP contribution in [-0.2, 0) is 0 Å². The zero-order valence-corrected chi connectivity index (χ0v) is 4.15. The van der Waals surface area contributed by atoms with E-state index < -0.39 is 0 Å². The van der Waals surface area contributed by atoms with Crippen molar-refractivity contribution in [3.05, 3.63) is 12.2 Å². The summed E-state index contributed by atoms with van der Waals surface area (Å²) in [5.41, 5.74) is 1.23. The summed E-state index contributed by atoms with van der Waals surface area (Å²) >= 11 is 0. The predicted molar refractivity (Wildman–Crippen MR) is 30.1 cm³/mol. The maximum atomic E-state index is 8.21. The Morgan fingerprint density at radius 2 is 2.29 bits per heavy atom. The Morgan fingerprint density at radius 3 is 2.43 bits per heavy atom. The van der Waals surface area contributed by atoms with E-state index in [1.165, 1.54) is 5.57 Å². The van der Waals surface area contributed by atoms with Gasteiger partial charge in [0, 0.05) is 5.97 Å². The van der Waals surface area contributed by atoms with Gasteiger partial charge in [0.15, 0.2) is 0 Å². The van der Waals surface area contributed by atoms with Crippen molar-refractivity contribution < 1.29 is 0 Å². The quantitative estimate of drug-likeness (QED) is 0.323. The maximum absolute atomic E-state index is 8.21. The van der Waals surface area contributed by atoms with Gasteiger partial charge < -0.3 is 0 Å². The molecule has 0 bridgehead atoms. The molecule has 0 radical (unpaired) electrons. The van der Waals surface area contributed by atoms with Crippen LogP contribution in [-0.4, -0.2) is 6.71 Å². The minimum Gasteiger partial charge on any atom is -0.213 e. The summed E-state index contributed by atoms with van der Waals surface area (Å²) < 4.78 is 0. The molecule has 1 rings (SSSR count). The molecule has 0 aromatic rings. The third kappa shape index (κ3) is 0.665. The molecular formula is C5H6BN. The van der Waals surface area contributed by atoms with E-state index in [9.17, 15) is 0 Å². The average molecular weight is 90.9 g/mol. The summed E-state index contributed by atoms with van der Waals surface area (Å²) in [6.07, 6.45) is 1.88. The summed E-state index contributed by atoms with van der Waals surface area (Å²) in [6.45, 7) is 4.01. The Hall–Kier alpha value is -0.705. The SMILES string of the molecule is C=C1CB(C#N)C1. The summed E-state index contributed by atoms with van der Waals surface area (Å²) in [6, 6.07) is 0. The highest BCUT2D eigenvalue weighted by molar-refractivity contribution is 6.71. The van der Waals surface area contributed by atoms with Crippen molar-refractivity contribution in [3.8, 4) is 5.97 Å². The first-order chi connectivity index (χ1) is 3.33. The number of rotatable bonds is 0. The van der Waals surface area contributed by atoms with Gasteiger partial charge in [0.05, 0.1) is 0 Å². The van der Waals surface area contributed by atoms with Crippen molar-refractivity contribution in [3.63, 3.8) is 0 Å². The van der Waals surface area contributed by atoms with Crippen LogP contribution >= 0.6 is 0 Å². The van der Waals surface area contributed by atoms with Crippen LogP contribution in [0, 0.1) is 11.2 Å². The van der Waals surface area contributed by atoms with Crippen LogP contribution < -0.4 is 0 Å². The molecule has 34 valence electrons. The highest BCUT2D eigenvalue weighted by Crippen LogP contribution is 2.24. The smallest absolute Gasteiger partial charge is 0.213 e. The van der Waals surface area contributed by atoms with Gasteiger partial charge in [-0.3, -0.25) is 0 Å². The van der Waals surface area contributed by atoms with Gasteiger partial charge >= 0.3 is 0 Å². The molecular weight excluding hydrogens is 84.9 g/mol. The molecule has 0 saturated carbocycles. The van der Waals surface area contributed by atoms with Crippen LogP contribution in [0.1, 0.15) is 0 Å². The molecule has 0 N–H and O–H groups in total. The molecule has 1 nitrogen and oxygen atoms in total. The molecule has 1 fully saturated rings. The zero-order valence-electron chi connectivity index (χ0n) is 4.15. The third-order valence-electron chi connectivity index (χ3n) is 1.25.